The molecule has 84 valence electrons. The maximum absolute atomic E-state index is 9.67. The van der Waals surface area contributed by atoms with E-state index in [0.717, 1.165) is 44.5 Å². The highest BCUT2D eigenvalue weighted by Gasteiger charge is 2.06. The molecule has 14 heavy (non-hydrogen) atoms. The number of aliphatic hydroxyl groups excluding tert-OH is 1. The normalized spacial score (nSPS) is 13.2. The Hall–Kier alpha value is -0.340. The summed E-state index contributed by atoms with van der Waals surface area (Å²) in [7, 11) is 0. The van der Waals surface area contributed by atoms with Crippen molar-refractivity contribution < 1.29 is 5.11 Å². The number of hydrogen-bond acceptors (Lipinski definition) is 2. The maximum atomic E-state index is 9.67. The highest BCUT2D eigenvalue weighted by molar-refractivity contribution is 4.88. The molecule has 1 unspecified atom stereocenters. The van der Waals surface area contributed by atoms with Crippen molar-refractivity contribution >= 4 is 0 Å². The summed E-state index contributed by atoms with van der Waals surface area (Å²) >= 11 is 0. The second-order valence-corrected chi connectivity index (χ2v) is 3.97. The van der Waals surface area contributed by atoms with E-state index in [2.05, 4.69) is 25.3 Å². The average Bonchev–Trinajstić information content (AvgIpc) is 2.16. The Kier molecular flexibility index (Phi) is 7.81. The van der Waals surface area contributed by atoms with Crippen LogP contribution in [-0.4, -0.2) is 35.7 Å². The van der Waals surface area contributed by atoms with Crippen molar-refractivity contribution in [2.75, 3.05) is 19.6 Å². The molecule has 0 saturated carbocycles. The predicted molar refractivity (Wildman–Crippen MR) is 62.5 cm³/mol. The third-order valence-corrected chi connectivity index (χ3v) is 2.58. The Morgan fingerprint density at radius 3 is 2.29 bits per heavy atom. The van der Waals surface area contributed by atoms with Gasteiger partial charge in [-0.25, -0.2) is 0 Å². The summed E-state index contributed by atoms with van der Waals surface area (Å²) in [4.78, 5) is 2.34. The summed E-state index contributed by atoms with van der Waals surface area (Å²) in [6.07, 6.45) is 2.53. The van der Waals surface area contributed by atoms with Crippen LogP contribution < -0.4 is 0 Å². The highest BCUT2D eigenvalue weighted by atomic mass is 16.3. The van der Waals surface area contributed by atoms with Crippen LogP contribution in [0.1, 0.15) is 40.0 Å². The molecule has 0 spiro atoms. The zero-order valence-electron chi connectivity index (χ0n) is 9.92. The molecule has 1 atom stereocenters. The lowest BCUT2D eigenvalue weighted by Gasteiger charge is -2.19. The fraction of sp³-hybridized carbons (Fsp3) is 0.833. The zero-order chi connectivity index (χ0) is 11.0. The lowest BCUT2D eigenvalue weighted by atomic mass is 10.1. The van der Waals surface area contributed by atoms with Crippen LogP contribution in [0.4, 0.5) is 0 Å². The monoisotopic (exact) mass is 199 g/mol. The standard InChI is InChI=1S/C12H25NO/c1-5-13(6-2)10-9-12(14)8-7-11(3)4/h12,14H,3,5-10H2,1-2,4H3. The number of hydrogen-bond donors (Lipinski definition) is 1. The molecule has 0 aromatic heterocycles. The van der Waals surface area contributed by atoms with Crippen molar-refractivity contribution in [3.63, 3.8) is 0 Å². The average molecular weight is 199 g/mol. The molecule has 0 aliphatic heterocycles. The first-order chi connectivity index (χ1) is 6.60. The van der Waals surface area contributed by atoms with Gasteiger partial charge in [0, 0.05) is 6.54 Å². The van der Waals surface area contributed by atoms with Crippen LogP contribution >= 0.6 is 0 Å². The van der Waals surface area contributed by atoms with Crippen molar-refractivity contribution in [1.29, 1.82) is 0 Å². The highest BCUT2D eigenvalue weighted by Crippen LogP contribution is 2.07. The minimum atomic E-state index is -0.160. The lowest BCUT2D eigenvalue weighted by Crippen LogP contribution is -2.26. The van der Waals surface area contributed by atoms with Crippen LogP contribution in [0.25, 0.3) is 0 Å². The Labute approximate surface area is 88.6 Å². The minimum Gasteiger partial charge on any atom is -0.393 e. The molecule has 2 nitrogen and oxygen atoms in total. The van der Waals surface area contributed by atoms with Crippen molar-refractivity contribution in [2.45, 2.75) is 46.1 Å². The van der Waals surface area contributed by atoms with Gasteiger partial charge in [-0.1, -0.05) is 19.4 Å². The van der Waals surface area contributed by atoms with Gasteiger partial charge in [0.2, 0.25) is 0 Å². The van der Waals surface area contributed by atoms with Crippen molar-refractivity contribution in [2.24, 2.45) is 0 Å². The summed E-state index contributed by atoms with van der Waals surface area (Å²) in [5.41, 5.74) is 1.16. The lowest BCUT2D eigenvalue weighted by molar-refractivity contribution is 0.135. The van der Waals surface area contributed by atoms with E-state index < -0.39 is 0 Å². The van der Waals surface area contributed by atoms with Crippen LogP contribution in [0.15, 0.2) is 12.2 Å². The van der Waals surface area contributed by atoms with Crippen LogP contribution in [0, 0.1) is 0 Å². The topological polar surface area (TPSA) is 23.5 Å². The Bertz CT molecular complexity index is 152. The van der Waals surface area contributed by atoms with Gasteiger partial charge in [-0.05, 0) is 39.3 Å². The minimum absolute atomic E-state index is 0.160. The fourth-order valence-electron chi connectivity index (χ4n) is 1.43. The molecule has 0 fully saturated rings. The quantitative estimate of drug-likeness (QED) is 0.607. The predicted octanol–water partition coefficient (Wildman–Crippen LogP) is 2.44. The molecule has 0 heterocycles. The molecule has 2 heteroatoms. The Morgan fingerprint density at radius 1 is 1.29 bits per heavy atom. The molecule has 0 aromatic carbocycles. The van der Waals surface area contributed by atoms with E-state index in [1.807, 2.05) is 6.92 Å². The second kappa shape index (κ2) is 8.01. The van der Waals surface area contributed by atoms with Gasteiger partial charge in [-0.3, -0.25) is 0 Å². The summed E-state index contributed by atoms with van der Waals surface area (Å²) in [6.45, 7) is 13.3. The second-order valence-electron chi connectivity index (χ2n) is 3.97. The van der Waals surface area contributed by atoms with Gasteiger partial charge in [0.25, 0.3) is 0 Å². The third-order valence-electron chi connectivity index (χ3n) is 2.58. The molecule has 0 radical (unpaired) electrons. The Morgan fingerprint density at radius 2 is 1.86 bits per heavy atom. The van der Waals surface area contributed by atoms with Crippen molar-refractivity contribution in [3.05, 3.63) is 12.2 Å². The molecule has 0 bridgehead atoms. The number of nitrogens with zero attached hydrogens (tertiary/aromatic N) is 1. The van der Waals surface area contributed by atoms with Crippen molar-refractivity contribution in [1.82, 2.24) is 4.90 Å². The molecular formula is C12H25NO. The van der Waals surface area contributed by atoms with Gasteiger partial charge in [0.1, 0.15) is 0 Å². The van der Waals surface area contributed by atoms with Gasteiger partial charge in [-0.15, -0.1) is 6.58 Å². The fourth-order valence-corrected chi connectivity index (χ4v) is 1.43. The van der Waals surface area contributed by atoms with Crippen LogP contribution in [0.5, 0.6) is 0 Å². The van der Waals surface area contributed by atoms with E-state index in [9.17, 15) is 5.11 Å². The molecule has 0 aliphatic carbocycles. The first-order valence-corrected chi connectivity index (χ1v) is 5.64. The molecular weight excluding hydrogens is 174 g/mol. The molecule has 0 saturated heterocycles. The van der Waals surface area contributed by atoms with Gasteiger partial charge < -0.3 is 10.0 Å². The molecule has 1 N–H and O–H groups in total. The van der Waals surface area contributed by atoms with E-state index in [1.54, 1.807) is 0 Å². The number of rotatable bonds is 8. The first-order valence-electron chi connectivity index (χ1n) is 5.64. The number of aliphatic hydroxyl groups is 1. The smallest absolute Gasteiger partial charge is 0.0555 e. The molecule has 0 aliphatic rings. The zero-order valence-corrected chi connectivity index (χ0v) is 9.92. The van der Waals surface area contributed by atoms with Crippen molar-refractivity contribution in [3.8, 4) is 0 Å². The van der Waals surface area contributed by atoms with E-state index >= 15 is 0 Å². The van der Waals surface area contributed by atoms with E-state index in [4.69, 9.17) is 0 Å². The van der Waals surface area contributed by atoms with Crippen LogP contribution in [-0.2, 0) is 0 Å². The molecule has 0 amide bonds. The van der Waals surface area contributed by atoms with E-state index in [0.29, 0.717) is 0 Å². The van der Waals surface area contributed by atoms with Gasteiger partial charge >= 0.3 is 0 Å². The Balaban J connectivity index is 3.51. The summed E-state index contributed by atoms with van der Waals surface area (Å²) < 4.78 is 0. The molecule has 0 aromatic rings. The van der Waals surface area contributed by atoms with E-state index in [1.165, 1.54) is 0 Å². The van der Waals surface area contributed by atoms with Gasteiger partial charge in [0.05, 0.1) is 6.10 Å². The summed E-state index contributed by atoms with van der Waals surface area (Å²) in [6, 6.07) is 0. The maximum Gasteiger partial charge on any atom is 0.0555 e. The SMILES string of the molecule is C=C(C)CCC(O)CCN(CC)CC. The third kappa shape index (κ3) is 7.10. The largest absolute Gasteiger partial charge is 0.393 e. The number of allylic oxidation sites excluding steroid dienone is 1. The first kappa shape index (κ1) is 13.7. The van der Waals surface area contributed by atoms with Gasteiger partial charge in [0.15, 0.2) is 0 Å². The van der Waals surface area contributed by atoms with Gasteiger partial charge in [-0.2, -0.15) is 0 Å². The van der Waals surface area contributed by atoms with E-state index in [-0.39, 0.29) is 6.10 Å². The van der Waals surface area contributed by atoms with Crippen LogP contribution in [0.2, 0.25) is 0 Å². The molecule has 0 rings (SSSR count). The summed E-state index contributed by atoms with van der Waals surface area (Å²) in [5, 5.41) is 9.67. The van der Waals surface area contributed by atoms with Crippen LogP contribution in [0.3, 0.4) is 0 Å². The summed E-state index contributed by atoms with van der Waals surface area (Å²) in [5.74, 6) is 0.